The molecule has 1 aliphatic rings. The van der Waals surface area contributed by atoms with Crippen LogP contribution in [0.1, 0.15) is 16.8 Å². The average molecular weight is 389 g/mol. The maximum Gasteiger partial charge on any atom is 0.414 e. The minimum absolute atomic E-state index is 0.00337. The van der Waals surface area contributed by atoms with Crippen LogP contribution in [0.25, 0.3) is 10.8 Å². The van der Waals surface area contributed by atoms with Crippen LogP contribution >= 0.6 is 0 Å². The van der Waals surface area contributed by atoms with Gasteiger partial charge in [0.2, 0.25) is 0 Å². The summed E-state index contributed by atoms with van der Waals surface area (Å²) in [6.45, 7) is 1.53. The number of carbonyl (C=O) groups is 3. The number of benzene rings is 1. The highest BCUT2D eigenvalue weighted by Gasteiger charge is 2.28. The van der Waals surface area contributed by atoms with E-state index in [9.17, 15) is 4.79 Å². The van der Waals surface area contributed by atoms with Gasteiger partial charge in [0.15, 0.2) is 0 Å². The lowest BCUT2D eigenvalue weighted by Crippen LogP contribution is -2.35. The van der Waals surface area contributed by atoms with Crippen LogP contribution in [0.15, 0.2) is 30.6 Å². The molecule has 0 saturated heterocycles. The van der Waals surface area contributed by atoms with Crippen molar-refractivity contribution < 1.29 is 29.3 Å². The Hall–Kier alpha value is -3.20. The summed E-state index contributed by atoms with van der Waals surface area (Å²) in [5, 5.41) is 16.7. The summed E-state index contributed by atoms with van der Waals surface area (Å²) in [6.07, 6.45) is 4.41. The van der Waals surface area contributed by atoms with Gasteiger partial charge in [0.1, 0.15) is 11.9 Å². The number of hydrogen-bond acceptors (Lipinski definition) is 6. The quantitative estimate of drug-likeness (QED) is 0.751. The van der Waals surface area contributed by atoms with Gasteiger partial charge < -0.3 is 24.7 Å². The Morgan fingerprint density at radius 1 is 1.25 bits per heavy atom. The Bertz CT molecular complexity index is 871. The van der Waals surface area contributed by atoms with Gasteiger partial charge in [0, 0.05) is 36.8 Å². The number of carboxylic acids is 2. The number of amides is 1. The van der Waals surface area contributed by atoms with Crippen molar-refractivity contribution in [2.75, 3.05) is 34.2 Å². The molecule has 2 aromatic rings. The Labute approximate surface area is 162 Å². The molecule has 1 aromatic heterocycles. The predicted octanol–water partition coefficient (Wildman–Crippen LogP) is 1.18. The molecule has 0 spiro atoms. The molecule has 0 bridgehead atoms. The lowest BCUT2D eigenvalue weighted by molar-refractivity contribution is -0.159. The predicted molar refractivity (Wildman–Crippen MR) is 102 cm³/mol. The zero-order valence-electron chi connectivity index (χ0n) is 16.0. The summed E-state index contributed by atoms with van der Waals surface area (Å²) in [4.78, 5) is 38.8. The molecule has 9 nitrogen and oxygen atoms in total. The van der Waals surface area contributed by atoms with Gasteiger partial charge in [-0.2, -0.15) is 0 Å². The molecule has 0 aliphatic carbocycles. The number of carboxylic acid groups (broad SMARTS) is 2. The van der Waals surface area contributed by atoms with Crippen LogP contribution in [0, 0.1) is 0 Å². The minimum atomic E-state index is -1.82. The smallest absolute Gasteiger partial charge is 0.414 e. The number of fused-ring (bicyclic) bond motifs is 3. The molecule has 9 heteroatoms. The molecule has 3 rings (SSSR count). The monoisotopic (exact) mass is 389 g/mol. The van der Waals surface area contributed by atoms with E-state index in [1.54, 1.807) is 17.3 Å². The number of ether oxygens (including phenoxy) is 1. The lowest BCUT2D eigenvalue weighted by atomic mass is 10.1. The molecule has 0 radical (unpaired) electrons. The number of pyridine rings is 1. The van der Waals surface area contributed by atoms with E-state index in [0.717, 1.165) is 23.7 Å². The fourth-order valence-corrected chi connectivity index (χ4v) is 2.79. The van der Waals surface area contributed by atoms with Gasteiger partial charge in [-0.15, -0.1) is 0 Å². The first-order valence-electron chi connectivity index (χ1n) is 8.60. The van der Waals surface area contributed by atoms with E-state index >= 15 is 0 Å². The van der Waals surface area contributed by atoms with Gasteiger partial charge in [-0.05, 0) is 32.6 Å². The molecule has 1 aliphatic heterocycles. The number of likely N-dealkylation sites (N-methyl/N-ethyl adjacent to an activating group) is 1. The molecular formula is C19H23N3O6. The van der Waals surface area contributed by atoms with Crippen molar-refractivity contribution in [1.82, 2.24) is 14.8 Å². The topological polar surface area (TPSA) is 120 Å². The maximum absolute atomic E-state index is 12.6. The first kappa shape index (κ1) is 21.1. The van der Waals surface area contributed by atoms with Crippen LogP contribution in [-0.4, -0.2) is 83.2 Å². The molecule has 1 atom stereocenters. The summed E-state index contributed by atoms with van der Waals surface area (Å²) < 4.78 is 6.24. The van der Waals surface area contributed by atoms with Crippen LogP contribution in [0.2, 0.25) is 0 Å². The first-order chi connectivity index (χ1) is 13.2. The molecule has 28 heavy (non-hydrogen) atoms. The normalized spacial score (nSPS) is 15.9. The van der Waals surface area contributed by atoms with Gasteiger partial charge in [0.05, 0.1) is 12.1 Å². The van der Waals surface area contributed by atoms with Crippen molar-refractivity contribution in [2.24, 2.45) is 0 Å². The number of aliphatic carboxylic acids is 2. The van der Waals surface area contributed by atoms with Crippen LogP contribution < -0.4 is 4.74 Å². The summed E-state index contributed by atoms with van der Waals surface area (Å²) in [5.41, 5.74) is 0.633. The van der Waals surface area contributed by atoms with E-state index in [0.29, 0.717) is 17.9 Å². The van der Waals surface area contributed by atoms with Crippen LogP contribution in [0.5, 0.6) is 5.75 Å². The van der Waals surface area contributed by atoms with Crippen molar-refractivity contribution in [3.05, 3.63) is 36.2 Å². The molecule has 2 heterocycles. The minimum Gasteiger partial charge on any atom is -0.487 e. The second kappa shape index (κ2) is 9.14. The SMILES string of the molecule is CN(C)CCC1CN(C)C(=O)c2ccc3cnccc3c2O1.O=C(O)C(=O)O. The van der Waals surface area contributed by atoms with Crippen molar-refractivity contribution in [2.45, 2.75) is 12.5 Å². The van der Waals surface area contributed by atoms with Gasteiger partial charge >= 0.3 is 11.9 Å². The third-order valence-electron chi connectivity index (χ3n) is 4.19. The van der Waals surface area contributed by atoms with Crippen molar-refractivity contribution >= 4 is 28.6 Å². The largest absolute Gasteiger partial charge is 0.487 e. The van der Waals surface area contributed by atoms with E-state index in [1.807, 2.05) is 39.3 Å². The van der Waals surface area contributed by atoms with Crippen molar-refractivity contribution in [3.63, 3.8) is 0 Å². The first-order valence-corrected chi connectivity index (χ1v) is 8.60. The van der Waals surface area contributed by atoms with Gasteiger partial charge in [-0.3, -0.25) is 9.78 Å². The van der Waals surface area contributed by atoms with Crippen molar-refractivity contribution in [3.8, 4) is 5.75 Å². The summed E-state index contributed by atoms with van der Waals surface area (Å²) in [5.74, 6) is -2.94. The Morgan fingerprint density at radius 3 is 2.54 bits per heavy atom. The summed E-state index contributed by atoms with van der Waals surface area (Å²) >= 11 is 0. The number of hydrogen-bond donors (Lipinski definition) is 2. The average Bonchev–Trinajstić information content (AvgIpc) is 2.77. The Morgan fingerprint density at radius 2 is 1.93 bits per heavy atom. The zero-order chi connectivity index (χ0) is 20.8. The molecule has 0 fully saturated rings. The number of nitrogens with zero attached hydrogens (tertiary/aromatic N) is 3. The van der Waals surface area contributed by atoms with Crippen molar-refractivity contribution in [1.29, 1.82) is 0 Å². The highest BCUT2D eigenvalue weighted by Crippen LogP contribution is 2.33. The van der Waals surface area contributed by atoms with Crippen LogP contribution in [-0.2, 0) is 9.59 Å². The zero-order valence-corrected chi connectivity index (χ0v) is 16.0. The van der Waals surface area contributed by atoms with E-state index in [4.69, 9.17) is 24.5 Å². The molecule has 2 N–H and O–H groups in total. The maximum atomic E-state index is 12.6. The third kappa shape index (κ3) is 5.17. The molecule has 1 amide bonds. The third-order valence-corrected chi connectivity index (χ3v) is 4.19. The highest BCUT2D eigenvalue weighted by molar-refractivity contribution is 6.27. The van der Waals surface area contributed by atoms with E-state index in [2.05, 4.69) is 9.88 Å². The molecule has 0 saturated carbocycles. The van der Waals surface area contributed by atoms with Gasteiger partial charge in [-0.1, -0.05) is 6.07 Å². The second-order valence-corrected chi connectivity index (χ2v) is 6.67. The number of aromatic nitrogens is 1. The van der Waals surface area contributed by atoms with Crippen LogP contribution in [0.3, 0.4) is 0 Å². The molecule has 1 aromatic carbocycles. The fourth-order valence-electron chi connectivity index (χ4n) is 2.79. The standard InChI is InChI=1S/C17H21N3O2.C2H2O4/c1-19(2)9-7-13-11-20(3)17(21)15-5-4-12-10-18-8-6-14(12)16(15)22-13;3-1(4)2(5)6/h4-6,8,10,13H,7,9,11H2,1-3H3;(H,3,4)(H,5,6). The van der Waals surface area contributed by atoms with Crippen LogP contribution in [0.4, 0.5) is 0 Å². The van der Waals surface area contributed by atoms with E-state index < -0.39 is 11.9 Å². The summed E-state index contributed by atoms with van der Waals surface area (Å²) in [7, 11) is 5.92. The van der Waals surface area contributed by atoms with E-state index in [1.165, 1.54) is 0 Å². The lowest BCUT2D eigenvalue weighted by Gasteiger charge is -2.22. The van der Waals surface area contributed by atoms with Gasteiger partial charge in [0.25, 0.3) is 5.91 Å². The molecular weight excluding hydrogens is 366 g/mol. The van der Waals surface area contributed by atoms with E-state index in [-0.39, 0.29) is 12.0 Å². The fraction of sp³-hybridized carbons (Fsp3) is 0.368. The molecule has 150 valence electrons. The Kier molecular flexibility index (Phi) is 6.89. The Balaban J connectivity index is 0.000000409. The molecule has 1 unspecified atom stereocenters. The number of carbonyl (C=O) groups excluding carboxylic acids is 1. The second-order valence-electron chi connectivity index (χ2n) is 6.67. The number of rotatable bonds is 3. The van der Waals surface area contributed by atoms with Gasteiger partial charge in [-0.25, -0.2) is 9.59 Å². The summed E-state index contributed by atoms with van der Waals surface area (Å²) in [6, 6.07) is 5.68. The highest BCUT2D eigenvalue weighted by atomic mass is 16.5.